The first-order valence-electron chi connectivity index (χ1n) is 5.47. The normalized spacial score (nSPS) is 10.4. The van der Waals surface area contributed by atoms with Gasteiger partial charge in [0.05, 0.1) is 12.3 Å². The van der Waals surface area contributed by atoms with Crippen LogP contribution in [0.5, 0.6) is 11.8 Å². The van der Waals surface area contributed by atoms with E-state index in [0.29, 0.717) is 22.0 Å². The van der Waals surface area contributed by atoms with Crippen molar-refractivity contribution < 1.29 is 9.84 Å². The molecule has 1 N–H and O–H groups in total. The van der Waals surface area contributed by atoms with E-state index in [-0.39, 0.29) is 12.6 Å². The predicted octanol–water partition coefficient (Wildman–Crippen LogP) is 3.03. The van der Waals surface area contributed by atoms with Crippen LogP contribution in [0.15, 0.2) is 24.4 Å². The second-order valence-electron chi connectivity index (χ2n) is 3.93. The van der Waals surface area contributed by atoms with Gasteiger partial charge in [0.2, 0.25) is 0 Å². The van der Waals surface area contributed by atoms with E-state index in [1.165, 1.54) is 0 Å². The number of nitrogens with zero attached hydrogens (tertiary/aromatic N) is 2. The molecule has 0 saturated carbocycles. The number of aromatic nitrogens is 2. The molecule has 94 valence electrons. The fourth-order valence-corrected chi connectivity index (χ4v) is 1.62. The molecule has 0 radical (unpaired) electrons. The van der Waals surface area contributed by atoms with Gasteiger partial charge in [0.1, 0.15) is 5.75 Å². The van der Waals surface area contributed by atoms with Gasteiger partial charge in [0, 0.05) is 16.8 Å². The third-order valence-electron chi connectivity index (χ3n) is 2.58. The number of halogens is 1. The van der Waals surface area contributed by atoms with E-state index in [2.05, 4.69) is 9.97 Å². The fraction of sp³-hybridized carbons (Fsp3) is 0.231. The molecule has 0 bridgehead atoms. The second-order valence-corrected chi connectivity index (χ2v) is 4.37. The molecule has 18 heavy (non-hydrogen) atoms. The smallest absolute Gasteiger partial charge is 0.322 e. The number of aliphatic hydroxyl groups is 1. The minimum Gasteiger partial charge on any atom is -0.424 e. The van der Waals surface area contributed by atoms with Gasteiger partial charge in [-0.3, -0.25) is 0 Å². The number of ether oxygens (including phenoxy) is 1. The molecule has 0 aliphatic rings. The van der Waals surface area contributed by atoms with Crippen LogP contribution in [-0.4, -0.2) is 15.1 Å². The van der Waals surface area contributed by atoms with Crippen molar-refractivity contribution in [2.45, 2.75) is 20.5 Å². The third kappa shape index (κ3) is 2.78. The summed E-state index contributed by atoms with van der Waals surface area (Å²) < 4.78 is 5.58. The number of benzene rings is 1. The van der Waals surface area contributed by atoms with Gasteiger partial charge in [0.15, 0.2) is 0 Å². The lowest BCUT2D eigenvalue weighted by Crippen LogP contribution is -1.99. The van der Waals surface area contributed by atoms with E-state index in [1.807, 2.05) is 13.0 Å². The van der Waals surface area contributed by atoms with Crippen molar-refractivity contribution >= 4 is 11.6 Å². The molecule has 0 fully saturated rings. The molecule has 0 saturated heterocycles. The van der Waals surface area contributed by atoms with E-state index in [0.717, 1.165) is 5.56 Å². The van der Waals surface area contributed by atoms with Crippen molar-refractivity contribution in [1.29, 1.82) is 0 Å². The highest BCUT2D eigenvalue weighted by Crippen LogP contribution is 2.26. The highest BCUT2D eigenvalue weighted by Gasteiger charge is 2.07. The standard InChI is InChI=1S/C13H13ClN2O2/c1-8-3-4-11(14)5-12(8)18-13-15-6-10(7-17)9(2)16-13/h3-6,17H,7H2,1-2H3. The molecular weight excluding hydrogens is 252 g/mol. The molecule has 4 nitrogen and oxygen atoms in total. The molecule has 1 aromatic heterocycles. The zero-order chi connectivity index (χ0) is 13.1. The second kappa shape index (κ2) is 5.33. The average molecular weight is 265 g/mol. The molecule has 2 aromatic rings. The van der Waals surface area contributed by atoms with Crippen molar-refractivity contribution in [2.75, 3.05) is 0 Å². The maximum atomic E-state index is 9.04. The first kappa shape index (κ1) is 12.8. The average Bonchev–Trinajstić information content (AvgIpc) is 2.34. The fourth-order valence-electron chi connectivity index (χ4n) is 1.46. The van der Waals surface area contributed by atoms with Gasteiger partial charge in [-0.1, -0.05) is 17.7 Å². The maximum Gasteiger partial charge on any atom is 0.322 e. The van der Waals surface area contributed by atoms with Gasteiger partial charge in [-0.2, -0.15) is 4.98 Å². The Morgan fingerprint density at radius 1 is 1.33 bits per heavy atom. The Bertz CT molecular complexity index is 573. The van der Waals surface area contributed by atoms with Gasteiger partial charge < -0.3 is 9.84 Å². The molecule has 1 heterocycles. The van der Waals surface area contributed by atoms with Crippen LogP contribution in [-0.2, 0) is 6.61 Å². The van der Waals surface area contributed by atoms with Crippen LogP contribution in [0.4, 0.5) is 0 Å². The molecule has 0 atom stereocenters. The zero-order valence-electron chi connectivity index (χ0n) is 10.1. The Balaban J connectivity index is 2.28. The summed E-state index contributed by atoms with van der Waals surface area (Å²) in [4.78, 5) is 8.21. The van der Waals surface area contributed by atoms with E-state index in [1.54, 1.807) is 25.3 Å². The number of aryl methyl sites for hydroxylation is 2. The summed E-state index contributed by atoms with van der Waals surface area (Å²) in [6.07, 6.45) is 1.55. The van der Waals surface area contributed by atoms with Crippen LogP contribution in [0, 0.1) is 13.8 Å². The monoisotopic (exact) mass is 264 g/mol. The van der Waals surface area contributed by atoms with E-state index < -0.39 is 0 Å². The topological polar surface area (TPSA) is 55.2 Å². The highest BCUT2D eigenvalue weighted by atomic mass is 35.5. The first-order chi connectivity index (χ1) is 8.60. The number of rotatable bonds is 3. The van der Waals surface area contributed by atoms with Crippen LogP contribution in [0.3, 0.4) is 0 Å². The Kier molecular flexibility index (Phi) is 3.79. The van der Waals surface area contributed by atoms with E-state index in [4.69, 9.17) is 21.4 Å². The number of aliphatic hydroxyl groups excluding tert-OH is 1. The molecule has 5 heteroatoms. The first-order valence-corrected chi connectivity index (χ1v) is 5.85. The van der Waals surface area contributed by atoms with Crippen molar-refractivity contribution in [3.05, 3.63) is 46.2 Å². The van der Waals surface area contributed by atoms with Crippen molar-refractivity contribution in [2.24, 2.45) is 0 Å². The van der Waals surface area contributed by atoms with Crippen LogP contribution < -0.4 is 4.74 Å². The van der Waals surface area contributed by atoms with E-state index >= 15 is 0 Å². The lowest BCUT2D eigenvalue weighted by Gasteiger charge is -2.08. The molecule has 0 aliphatic heterocycles. The van der Waals surface area contributed by atoms with Crippen molar-refractivity contribution in [3.63, 3.8) is 0 Å². The summed E-state index contributed by atoms with van der Waals surface area (Å²) in [6, 6.07) is 5.63. The molecule has 0 unspecified atom stereocenters. The largest absolute Gasteiger partial charge is 0.424 e. The number of hydrogen-bond acceptors (Lipinski definition) is 4. The molecule has 2 rings (SSSR count). The third-order valence-corrected chi connectivity index (χ3v) is 2.82. The van der Waals surface area contributed by atoms with Crippen LogP contribution in [0.2, 0.25) is 5.02 Å². The minimum atomic E-state index is -0.0810. The highest BCUT2D eigenvalue weighted by molar-refractivity contribution is 6.30. The SMILES string of the molecule is Cc1ccc(Cl)cc1Oc1ncc(CO)c(C)n1. The van der Waals surface area contributed by atoms with E-state index in [9.17, 15) is 0 Å². The summed E-state index contributed by atoms with van der Waals surface area (Å²) >= 11 is 5.91. The Morgan fingerprint density at radius 2 is 2.11 bits per heavy atom. The Hall–Kier alpha value is -1.65. The summed E-state index contributed by atoms with van der Waals surface area (Å²) in [5.41, 5.74) is 2.33. The summed E-state index contributed by atoms with van der Waals surface area (Å²) in [5, 5.41) is 9.64. The molecule has 0 amide bonds. The zero-order valence-corrected chi connectivity index (χ0v) is 10.9. The Morgan fingerprint density at radius 3 is 2.78 bits per heavy atom. The molecule has 0 aliphatic carbocycles. The van der Waals surface area contributed by atoms with Gasteiger partial charge in [-0.15, -0.1) is 0 Å². The maximum absolute atomic E-state index is 9.04. The summed E-state index contributed by atoms with van der Waals surface area (Å²) in [5.74, 6) is 0.624. The van der Waals surface area contributed by atoms with Crippen LogP contribution >= 0.6 is 11.6 Å². The van der Waals surface area contributed by atoms with Gasteiger partial charge in [-0.05, 0) is 31.5 Å². The lowest BCUT2D eigenvalue weighted by molar-refractivity contribution is 0.279. The predicted molar refractivity (Wildman–Crippen MR) is 69.0 cm³/mol. The van der Waals surface area contributed by atoms with Gasteiger partial charge >= 0.3 is 6.01 Å². The number of hydrogen-bond donors (Lipinski definition) is 1. The van der Waals surface area contributed by atoms with Crippen molar-refractivity contribution in [3.8, 4) is 11.8 Å². The minimum absolute atomic E-state index is 0.0810. The molecular formula is C13H13ClN2O2. The molecule has 0 spiro atoms. The van der Waals surface area contributed by atoms with Crippen LogP contribution in [0.1, 0.15) is 16.8 Å². The summed E-state index contributed by atoms with van der Waals surface area (Å²) in [7, 11) is 0. The summed E-state index contributed by atoms with van der Waals surface area (Å²) in [6.45, 7) is 3.63. The van der Waals surface area contributed by atoms with Crippen LogP contribution in [0.25, 0.3) is 0 Å². The van der Waals surface area contributed by atoms with Gasteiger partial charge in [-0.25, -0.2) is 4.98 Å². The lowest BCUT2D eigenvalue weighted by atomic mass is 10.2. The Labute approximate surface area is 110 Å². The van der Waals surface area contributed by atoms with Crippen molar-refractivity contribution in [1.82, 2.24) is 9.97 Å². The quantitative estimate of drug-likeness (QED) is 0.926. The van der Waals surface area contributed by atoms with Gasteiger partial charge in [0.25, 0.3) is 0 Å². The molecule has 1 aromatic carbocycles.